The molecule has 1 amide bonds. The minimum atomic E-state index is -4.11. The van der Waals surface area contributed by atoms with E-state index in [9.17, 15) is 18.0 Å². The second-order valence-electron chi connectivity index (χ2n) is 11.8. The minimum absolute atomic E-state index is 0.00840. The van der Waals surface area contributed by atoms with Crippen molar-refractivity contribution in [3.05, 3.63) is 120 Å². The van der Waals surface area contributed by atoms with Gasteiger partial charge in [0.1, 0.15) is 17.1 Å². The first-order chi connectivity index (χ1) is 22.2. The summed E-state index contributed by atoms with van der Waals surface area (Å²) in [5.41, 5.74) is 4.52. The Labute approximate surface area is 268 Å². The monoisotopic (exact) mass is 637 g/mol. The second-order valence-corrected chi connectivity index (χ2v) is 13.4. The van der Waals surface area contributed by atoms with Gasteiger partial charge >= 0.3 is 0 Å². The highest BCUT2D eigenvalue weighted by Gasteiger charge is 2.24. The van der Waals surface area contributed by atoms with Crippen LogP contribution in [0.2, 0.25) is 0 Å². The van der Waals surface area contributed by atoms with Gasteiger partial charge in [0.25, 0.3) is 10.1 Å². The number of hydrogen-bond donors (Lipinski definition) is 2. The summed E-state index contributed by atoms with van der Waals surface area (Å²) in [5.74, 6) is 0.790. The lowest BCUT2D eigenvalue weighted by molar-refractivity contribution is -0.117. The molecule has 0 bridgehead atoms. The van der Waals surface area contributed by atoms with Crippen LogP contribution < -0.4 is 10.1 Å². The van der Waals surface area contributed by atoms with Crippen molar-refractivity contribution < 1.29 is 31.7 Å². The zero-order chi connectivity index (χ0) is 32.1. The molecular formula is C37H35NO7S. The molecule has 236 valence electrons. The number of nitrogens with one attached hydrogen (secondary N) is 1. The summed E-state index contributed by atoms with van der Waals surface area (Å²) in [7, 11) is -4.11. The molecule has 0 saturated heterocycles. The molecule has 0 radical (unpaired) electrons. The predicted molar refractivity (Wildman–Crippen MR) is 178 cm³/mol. The van der Waals surface area contributed by atoms with Crippen molar-refractivity contribution in [1.82, 2.24) is 0 Å². The van der Waals surface area contributed by atoms with Gasteiger partial charge in [-0.15, -0.1) is 0 Å². The van der Waals surface area contributed by atoms with Crippen LogP contribution in [0.5, 0.6) is 5.75 Å². The van der Waals surface area contributed by atoms with Gasteiger partial charge in [-0.1, -0.05) is 54.6 Å². The number of anilines is 1. The van der Waals surface area contributed by atoms with Crippen LogP contribution in [0.4, 0.5) is 5.69 Å². The molecule has 0 aliphatic heterocycles. The van der Waals surface area contributed by atoms with Gasteiger partial charge in [-0.05, 0) is 91.3 Å². The number of carbonyl (C=O) groups is 2. The van der Waals surface area contributed by atoms with E-state index in [1.165, 1.54) is 12.8 Å². The summed E-state index contributed by atoms with van der Waals surface area (Å²) < 4.78 is 42.7. The Morgan fingerprint density at radius 3 is 2.30 bits per heavy atom. The topological polar surface area (TPSA) is 123 Å². The number of carbonyl (C=O) groups excluding carboxylic acids is 2. The molecule has 1 fully saturated rings. The molecule has 4 aromatic carbocycles. The lowest BCUT2D eigenvalue weighted by Crippen LogP contribution is -2.23. The van der Waals surface area contributed by atoms with Crippen LogP contribution in [-0.2, 0) is 21.3 Å². The van der Waals surface area contributed by atoms with Crippen molar-refractivity contribution in [3.63, 3.8) is 0 Å². The van der Waals surface area contributed by atoms with Crippen molar-refractivity contribution in [2.45, 2.75) is 38.0 Å². The highest BCUT2D eigenvalue weighted by atomic mass is 32.2. The molecule has 1 heterocycles. The summed E-state index contributed by atoms with van der Waals surface area (Å²) in [6.07, 6.45) is 2.85. The average Bonchev–Trinajstić information content (AvgIpc) is 3.78. The first-order valence-electron chi connectivity index (χ1n) is 15.4. The molecule has 1 aliphatic rings. The molecule has 1 aromatic heterocycles. The van der Waals surface area contributed by atoms with E-state index in [-0.39, 0.29) is 24.5 Å². The van der Waals surface area contributed by atoms with Crippen LogP contribution in [0.25, 0.3) is 22.3 Å². The molecule has 5 aromatic rings. The molecule has 1 aliphatic carbocycles. The van der Waals surface area contributed by atoms with Crippen LogP contribution >= 0.6 is 0 Å². The molecular weight excluding hydrogens is 602 g/mol. The number of ketones is 1. The van der Waals surface area contributed by atoms with Gasteiger partial charge in [0, 0.05) is 28.6 Å². The van der Waals surface area contributed by atoms with E-state index in [1.807, 2.05) is 91.0 Å². The highest BCUT2D eigenvalue weighted by Crippen LogP contribution is 2.31. The molecule has 46 heavy (non-hydrogen) atoms. The number of amides is 1. The lowest BCUT2D eigenvalue weighted by atomic mass is 9.90. The first kappa shape index (κ1) is 31.3. The van der Waals surface area contributed by atoms with Crippen molar-refractivity contribution >= 4 is 38.5 Å². The summed E-state index contributed by atoms with van der Waals surface area (Å²) in [6, 6.07) is 32.0. The summed E-state index contributed by atoms with van der Waals surface area (Å²) in [4.78, 5) is 26.3. The third-order valence-electron chi connectivity index (χ3n) is 8.17. The molecule has 1 unspecified atom stereocenters. The molecule has 9 heteroatoms. The third-order valence-corrected chi connectivity index (χ3v) is 8.97. The van der Waals surface area contributed by atoms with Crippen LogP contribution in [0.1, 0.15) is 53.1 Å². The molecule has 1 atom stereocenters. The van der Waals surface area contributed by atoms with Gasteiger partial charge < -0.3 is 14.5 Å². The molecule has 2 N–H and O–H groups in total. The van der Waals surface area contributed by atoms with Gasteiger partial charge in [0.05, 0.1) is 18.3 Å². The molecule has 1 saturated carbocycles. The molecule has 0 spiro atoms. The fourth-order valence-corrected chi connectivity index (χ4v) is 5.86. The maximum atomic E-state index is 13.8. The largest absolute Gasteiger partial charge is 0.493 e. The van der Waals surface area contributed by atoms with E-state index in [0.717, 1.165) is 39.2 Å². The van der Waals surface area contributed by atoms with Crippen molar-refractivity contribution in [3.8, 4) is 17.1 Å². The van der Waals surface area contributed by atoms with Crippen molar-refractivity contribution in [1.29, 1.82) is 0 Å². The van der Waals surface area contributed by atoms with Crippen LogP contribution in [0.15, 0.2) is 108 Å². The number of ether oxygens (including phenoxy) is 1. The Kier molecular flexibility index (Phi) is 9.33. The van der Waals surface area contributed by atoms with E-state index in [1.54, 1.807) is 12.1 Å². The van der Waals surface area contributed by atoms with Crippen LogP contribution in [0.3, 0.4) is 0 Å². The minimum Gasteiger partial charge on any atom is -0.493 e. The molecule has 8 nitrogen and oxygen atoms in total. The van der Waals surface area contributed by atoms with E-state index in [0.29, 0.717) is 30.2 Å². The zero-order valence-electron chi connectivity index (χ0n) is 25.2. The second kappa shape index (κ2) is 13.7. The summed E-state index contributed by atoms with van der Waals surface area (Å²) in [5, 5.41) is 4.09. The summed E-state index contributed by atoms with van der Waals surface area (Å²) in [6.45, 7) is 0.703. The van der Waals surface area contributed by atoms with Crippen LogP contribution in [-0.4, -0.2) is 37.0 Å². The van der Waals surface area contributed by atoms with E-state index >= 15 is 0 Å². The number of fused-ring (bicyclic) bond motifs is 1. The van der Waals surface area contributed by atoms with E-state index in [2.05, 4.69) is 5.32 Å². The zero-order valence-corrected chi connectivity index (χ0v) is 26.0. The first-order valence-corrected chi connectivity index (χ1v) is 17.0. The lowest BCUT2D eigenvalue weighted by Gasteiger charge is -2.19. The van der Waals surface area contributed by atoms with E-state index < -0.39 is 21.8 Å². The van der Waals surface area contributed by atoms with Crippen molar-refractivity contribution in [2.75, 3.05) is 17.7 Å². The third kappa shape index (κ3) is 8.29. The Hall–Kier alpha value is -4.73. The Bertz CT molecular complexity index is 1890. The Balaban J connectivity index is 1.16. The maximum absolute atomic E-state index is 13.8. The maximum Gasteiger partial charge on any atom is 0.264 e. The van der Waals surface area contributed by atoms with Gasteiger partial charge in [-0.2, -0.15) is 8.42 Å². The Morgan fingerprint density at radius 1 is 0.913 bits per heavy atom. The standard InChI is InChI=1S/C37H35NO7S/c39-34(5-3-21-46(41,42)43)28-11-9-25(10-12-28)22-33(27-15-19-32(20-16-27)44-24-26-7-8-26)37(40)38-31-17-13-29(14-18-31)36-23-30-4-1-2-6-35(30)45-36/h1-2,4,6,9-20,23,26,33H,3,5,7-8,21-22,24H2,(H,38,40)(H,41,42,43). The number of hydrogen-bond acceptors (Lipinski definition) is 6. The van der Waals surface area contributed by atoms with Crippen molar-refractivity contribution in [2.24, 2.45) is 5.92 Å². The fraction of sp³-hybridized carbons (Fsp3) is 0.243. The average molecular weight is 638 g/mol. The summed E-state index contributed by atoms with van der Waals surface area (Å²) >= 11 is 0. The number of furan rings is 1. The number of rotatable bonds is 14. The van der Waals surface area contributed by atoms with E-state index in [4.69, 9.17) is 13.7 Å². The quantitative estimate of drug-likeness (QED) is 0.0945. The fourth-order valence-electron chi connectivity index (χ4n) is 5.35. The van der Waals surface area contributed by atoms with Gasteiger partial charge in [0.15, 0.2) is 5.78 Å². The SMILES string of the molecule is O=C(CCCS(=O)(=O)O)c1ccc(CC(C(=O)Nc2ccc(-c3cc4ccccc4o3)cc2)c2ccc(OCC3CC3)cc2)cc1. The normalized spacial score (nSPS) is 13.8. The Morgan fingerprint density at radius 2 is 1.63 bits per heavy atom. The number of Topliss-reactive ketones (excluding diaryl/α,β-unsaturated/α-hetero) is 1. The van der Waals surface area contributed by atoms with Gasteiger partial charge in [-0.25, -0.2) is 0 Å². The van der Waals surface area contributed by atoms with Crippen LogP contribution in [0, 0.1) is 5.92 Å². The number of para-hydroxylation sites is 1. The van der Waals surface area contributed by atoms with Gasteiger partial charge in [0.2, 0.25) is 5.91 Å². The molecule has 6 rings (SSSR count). The highest BCUT2D eigenvalue weighted by molar-refractivity contribution is 7.85. The number of benzene rings is 4. The predicted octanol–water partition coefficient (Wildman–Crippen LogP) is 7.70. The van der Waals surface area contributed by atoms with Gasteiger partial charge in [-0.3, -0.25) is 14.1 Å². The smallest absolute Gasteiger partial charge is 0.264 e.